The van der Waals surface area contributed by atoms with Crippen molar-refractivity contribution >= 4 is 0 Å². The van der Waals surface area contributed by atoms with E-state index in [1.54, 1.807) is 0 Å². The van der Waals surface area contributed by atoms with Crippen LogP contribution < -0.4 is 16.0 Å². The monoisotopic (exact) mass is 97.0 g/mol. The molecule has 0 aliphatic rings. The van der Waals surface area contributed by atoms with Gasteiger partial charge in [-0.3, -0.25) is 9.59 Å². The van der Waals surface area contributed by atoms with Gasteiger partial charge >= 0.3 is 0 Å². The van der Waals surface area contributed by atoms with Crippen LogP contribution in [0.15, 0.2) is 15.7 Å². The molecule has 0 saturated heterocycles. The molecule has 1 aromatic rings. The predicted octanol–water partition coefficient (Wildman–Crippen LogP) is -1.64. The summed E-state index contributed by atoms with van der Waals surface area (Å²) in [5.41, 5.74) is -1.56. The smallest absolute Gasteiger partial charge is 0.224 e. The molecule has 0 saturated carbocycles. The molecule has 0 bridgehead atoms. The Morgan fingerprint density at radius 1 is 1.43 bits per heavy atom. The van der Waals surface area contributed by atoms with Gasteiger partial charge in [0.05, 0.1) is 0 Å². The van der Waals surface area contributed by atoms with E-state index in [1.165, 1.54) is 0 Å². The van der Waals surface area contributed by atoms with E-state index < -0.39 is 16.6 Å². The lowest BCUT2D eigenvalue weighted by molar-refractivity contribution is -0.271. The van der Waals surface area contributed by atoms with Gasteiger partial charge in [0, 0.05) is 0 Å². The van der Waals surface area contributed by atoms with E-state index in [4.69, 9.17) is 0 Å². The minimum Gasteiger partial charge on any atom is -0.870 e. The maximum atomic E-state index is 9.83. The molecule has 0 aliphatic carbocycles. The van der Waals surface area contributed by atoms with Crippen LogP contribution in [0.25, 0.3) is 0 Å². The highest BCUT2D eigenvalue weighted by atomic mass is 16.3. The van der Waals surface area contributed by atoms with Crippen molar-refractivity contribution < 1.29 is 5.11 Å². The van der Waals surface area contributed by atoms with Gasteiger partial charge in [0.2, 0.25) is 10.9 Å². The highest BCUT2D eigenvalue weighted by molar-refractivity contribution is 5.22. The third-order valence-corrected chi connectivity index (χ3v) is 0.710. The Morgan fingerprint density at radius 2 is 2.00 bits per heavy atom. The molecule has 0 aromatic heterocycles. The summed E-state index contributed by atoms with van der Waals surface area (Å²) in [4.78, 5) is 19.6. The first-order valence-corrected chi connectivity index (χ1v) is 1.69. The summed E-state index contributed by atoms with van der Waals surface area (Å²) in [6, 6.07) is 0.780. The fraction of sp³-hybridized carbons (Fsp3) is 0. The van der Waals surface area contributed by atoms with Crippen molar-refractivity contribution in [1.82, 2.24) is 0 Å². The van der Waals surface area contributed by atoms with Gasteiger partial charge in [-0.05, 0) is 6.07 Å². The molecule has 1 aromatic carbocycles. The van der Waals surface area contributed by atoms with Crippen LogP contribution in [0.2, 0.25) is 0 Å². The summed E-state index contributed by atoms with van der Waals surface area (Å²) in [6.07, 6.45) is 0. The van der Waals surface area contributed by atoms with Crippen molar-refractivity contribution in [2.45, 2.75) is 0 Å². The summed E-state index contributed by atoms with van der Waals surface area (Å²) in [6.45, 7) is 0. The molecule has 0 amide bonds. The fourth-order valence-corrected chi connectivity index (χ4v) is 0.294. The summed E-state index contributed by atoms with van der Waals surface area (Å²) in [5, 5.41) is 9.81. The van der Waals surface area contributed by atoms with Gasteiger partial charge in [-0.25, -0.2) is 0 Å². The summed E-state index contributed by atoms with van der Waals surface area (Å²) < 4.78 is 0. The lowest BCUT2D eigenvalue weighted by atomic mass is 10.3. The van der Waals surface area contributed by atoms with Crippen LogP contribution in [0.5, 0.6) is 5.75 Å². The van der Waals surface area contributed by atoms with E-state index in [0.29, 0.717) is 0 Å². The first-order chi connectivity index (χ1) is 3.22. The Bertz CT molecular complexity index is 241. The van der Waals surface area contributed by atoms with Gasteiger partial charge in [0.15, 0.2) is 0 Å². The Balaban J connectivity index is 3.44. The second-order valence-electron chi connectivity index (χ2n) is 1.20. The van der Waals surface area contributed by atoms with Crippen LogP contribution in [0.1, 0.15) is 0 Å². The van der Waals surface area contributed by atoms with Crippen molar-refractivity contribution in [3.05, 3.63) is 26.5 Å². The predicted molar refractivity (Wildman–Crippen MR) is 20.8 cm³/mol. The summed E-state index contributed by atoms with van der Waals surface area (Å²) in [5.74, 6) is -0.676. The SMILES string of the molecule is O=c1cc([O-])c1=O. The van der Waals surface area contributed by atoms with Crippen LogP contribution in [0, 0.1) is 0 Å². The fourth-order valence-electron chi connectivity index (χ4n) is 0.294. The molecule has 3 heteroatoms. The topological polar surface area (TPSA) is 57.2 Å². The molecule has 0 atom stereocenters. The average Bonchev–Trinajstić information content (AvgIpc) is 1.68. The Morgan fingerprint density at radius 3 is 2.00 bits per heavy atom. The highest BCUT2D eigenvalue weighted by Gasteiger charge is 1.95. The normalized spacial score (nSPS) is 9.71. The Hall–Kier alpha value is -1.12. The van der Waals surface area contributed by atoms with Crippen molar-refractivity contribution in [1.29, 1.82) is 0 Å². The Kier molecular flexibility index (Phi) is 0.539. The van der Waals surface area contributed by atoms with Crippen molar-refractivity contribution in [3.8, 4) is 5.75 Å². The lowest BCUT2D eigenvalue weighted by Gasteiger charge is -2.00. The third kappa shape index (κ3) is 0.342. The van der Waals surface area contributed by atoms with E-state index in [-0.39, 0.29) is 0 Å². The molecule has 3 nitrogen and oxygen atoms in total. The molecule has 0 spiro atoms. The molecule has 0 aliphatic heterocycles. The maximum Gasteiger partial charge on any atom is 0.224 e. The minimum atomic E-state index is -0.889. The van der Waals surface area contributed by atoms with E-state index in [1.807, 2.05) is 0 Å². The molecule has 0 unspecified atom stereocenters. The zero-order valence-corrected chi connectivity index (χ0v) is 3.30. The standard InChI is InChI=1S/C4H2O3/c5-2-1-3(6)4(2)7/h1,5H/p-1. The molecular formula is C4HO3-. The van der Waals surface area contributed by atoms with Crippen molar-refractivity contribution in [3.63, 3.8) is 0 Å². The molecule has 0 radical (unpaired) electrons. The quantitative estimate of drug-likeness (QED) is 0.365. The van der Waals surface area contributed by atoms with Crippen LogP contribution in [-0.2, 0) is 0 Å². The van der Waals surface area contributed by atoms with Gasteiger partial charge in [-0.1, -0.05) is 5.75 Å². The van der Waals surface area contributed by atoms with E-state index in [9.17, 15) is 14.7 Å². The lowest BCUT2D eigenvalue weighted by Crippen LogP contribution is -2.32. The first kappa shape index (κ1) is 4.05. The largest absolute Gasteiger partial charge is 0.870 e. The van der Waals surface area contributed by atoms with Crippen LogP contribution in [0.3, 0.4) is 0 Å². The van der Waals surface area contributed by atoms with Crippen molar-refractivity contribution in [2.75, 3.05) is 0 Å². The second-order valence-corrected chi connectivity index (χ2v) is 1.20. The molecular weight excluding hydrogens is 96.0 g/mol. The first-order valence-electron chi connectivity index (χ1n) is 1.69. The van der Waals surface area contributed by atoms with Crippen LogP contribution >= 0.6 is 0 Å². The van der Waals surface area contributed by atoms with Crippen LogP contribution in [0.4, 0.5) is 0 Å². The van der Waals surface area contributed by atoms with E-state index >= 15 is 0 Å². The number of rotatable bonds is 0. The van der Waals surface area contributed by atoms with E-state index in [0.717, 1.165) is 6.07 Å². The van der Waals surface area contributed by atoms with E-state index in [2.05, 4.69) is 0 Å². The number of hydrogen-bond acceptors (Lipinski definition) is 3. The molecule has 36 valence electrons. The van der Waals surface area contributed by atoms with Gasteiger partial charge in [0.1, 0.15) is 0 Å². The molecule has 0 heterocycles. The number of hydrogen-bond donors (Lipinski definition) is 0. The van der Waals surface area contributed by atoms with Gasteiger partial charge in [-0.15, -0.1) is 0 Å². The van der Waals surface area contributed by atoms with Gasteiger partial charge in [-0.2, -0.15) is 0 Å². The minimum absolute atomic E-state index is 0.676. The molecule has 7 heavy (non-hydrogen) atoms. The van der Waals surface area contributed by atoms with Gasteiger partial charge in [0.25, 0.3) is 0 Å². The average molecular weight is 97.0 g/mol. The van der Waals surface area contributed by atoms with Crippen LogP contribution in [-0.4, -0.2) is 0 Å². The molecule has 0 N–H and O–H groups in total. The maximum absolute atomic E-state index is 9.83. The zero-order valence-electron chi connectivity index (χ0n) is 3.30. The van der Waals surface area contributed by atoms with Crippen molar-refractivity contribution in [2.24, 2.45) is 0 Å². The summed E-state index contributed by atoms with van der Waals surface area (Å²) in [7, 11) is 0. The van der Waals surface area contributed by atoms with Gasteiger partial charge < -0.3 is 5.11 Å². The zero-order chi connectivity index (χ0) is 5.44. The Labute approximate surface area is 38.5 Å². The summed E-state index contributed by atoms with van der Waals surface area (Å²) >= 11 is 0. The highest BCUT2D eigenvalue weighted by Crippen LogP contribution is 1.84. The second kappa shape index (κ2) is 0.932. The third-order valence-electron chi connectivity index (χ3n) is 0.710. The molecule has 1 rings (SSSR count). The molecule has 0 fully saturated rings.